The molecule has 1 aliphatic heterocycles. The minimum Gasteiger partial charge on any atom is -0.379 e. The Bertz CT molecular complexity index is 201. The van der Waals surface area contributed by atoms with E-state index in [1.807, 2.05) is 0 Å². The van der Waals surface area contributed by atoms with Gasteiger partial charge in [0.15, 0.2) is 5.91 Å². The van der Waals surface area contributed by atoms with Gasteiger partial charge in [0.25, 0.3) is 0 Å². The summed E-state index contributed by atoms with van der Waals surface area (Å²) in [5, 5.41) is 10.3. The Labute approximate surface area is 115 Å². The average Bonchev–Trinajstić information content (AvgIpc) is 2.48. The molecule has 0 amide bonds. The van der Waals surface area contributed by atoms with Gasteiger partial charge in [0, 0.05) is 52.4 Å². The minimum atomic E-state index is -0.512. The Morgan fingerprint density at radius 1 is 0.842 bits per heavy atom. The van der Waals surface area contributed by atoms with Crippen molar-refractivity contribution in [2.45, 2.75) is 5.91 Å². The highest BCUT2D eigenvalue weighted by atomic mass is 16.5. The van der Waals surface area contributed by atoms with Crippen molar-refractivity contribution in [1.82, 2.24) is 20.9 Å². The molecule has 1 rings (SSSR count). The van der Waals surface area contributed by atoms with Gasteiger partial charge in [-0.15, -0.1) is 0 Å². The van der Waals surface area contributed by atoms with Gasteiger partial charge in [-0.3, -0.25) is 20.9 Å². The number of nitrogens with zero attached hydrogens (tertiary/aromatic N) is 1. The second-order valence-corrected chi connectivity index (χ2v) is 4.46. The summed E-state index contributed by atoms with van der Waals surface area (Å²) >= 11 is 0. The maximum atomic E-state index is 5.61. The standard InChI is InChI=1S/C11H29N7O/c12-1-4-15-11(16-5-2-13,17-6-3-14)18-7-9-19-10-8-18/h15-17H,1-10,12-14H2. The maximum absolute atomic E-state index is 5.61. The van der Waals surface area contributed by atoms with Gasteiger partial charge < -0.3 is 21.9 Å². The number of ether oxygens (including phenoxy) is 1. The van der Waals surface area contributed by atoms with Crippen molar-refractivity contribution in [3.8, 4) is 0 Å². The lowest BCUT2D eigenvalue weighted by Crippen LogP contribution is -2.78. The van der Waals surface area contributed by atoms with Gasteiger partial charge in [-0.2, -0.15) is 0 Å². The summed E-state index contributed by atoms with van der Waals surface area (Å²) in [5.74, 6) is -0.512. The predicted molar refractivity (Wildman–Crippen MR) is 76.3 cm³/mol. The van der Waals surface area contributed by atoms with E-state index in [1.165, 1.54) is 0 Å². The summed E-state index contributed by atoms with van der Waals surface area (Å²) < 4.78 is 5.41. The van der Waals surface area contributed by atoms with Crippen molar-refractivity contribution < 1.29 is 4.74 Å². The molecule has 0 atom stereocenters. The molecule has 1 fully saturated rings. The Morgan fingerprint density at radius 2 is 1.26 bits per heavy atom. The maximum Gasteiger partial charge on any atom is 0.184 e. The molecule has 0 saturated carbocycles. The van der Waals surface area contributed by atoms with Gasteiger partial charge in [-0.05, 0) is 0 Å². The van der Waals surface area contributed by atoms with Crippen molar-refractivity contribution in [2.24, 2.45) is 17.2 Å². The zero-order valence-electron chi connectivity index (χ0n) is 11.7. The lowest BCUT2D eigenvalue weighted by atomic mass is 10.3. The molecule has 0 aromatic carbocycles. The molecule has 8 nitrogen and oxygen atoms in total. The zero-order valence-corrected chi connectivity index (χ0v) is 11.7. The molecule has 19 heavy (non-hydrogen) atoms. The van der Waals surface area contributed by atoms with Crippen LogP contribution in [0, 0.1) is 0 Å². The molecule has 114 valence electrons. The fraction of sp³-hybridized carbons (Fsp3) is 1.00. The molecular formula is C11H29N7O. The van der Waals surface area contributed by atoms with Crippen LogP contribution >= 0.6 is 0 Å². The van der Waals surface area contributed by atoms with Gasteiger partial charge in [0.1, 0.15) is 0 Å². The van der Waals surface area contributed by atoms with Crippen LogP contribution in [-0.4, -0.2) is 76.4 Å². The first-order valence-corrected chi connectivity index (χ1v) is 6.97. The molecular weight excluding hydrogens is 246 g/mol. The third-order valence-electron chi connectivity index (χ3n) is 3.06. The Kier molecular flexibility index (Phi) is 8.42. The molecule has 0 aromatic rings. The summed E-state index contributed by atoms with van der Waals surface area (Å²) in [5.41, 5.74) is 16.8. The first kappa shape index (κ1) is 16.7. The van der Waals surface area contributed by atoms with E-state index >= 15 is 0 Å². The van der Waals surface area contributed by atoms with E-state index in [2.05, 4.69) is 20.9 Å². The highest BCUT2D eigenvalue weighted by Crippen LogP contribution is 2.08. The van der Waals surface area contributed by atoms with E-state index in [0.29, 0.717) is 39.3 Å². The molecule has 0 radical (unpaired) electrons. The van der Waals surface area contributed by atoms with Gasteiger partial charge in [0.2, 0.25) is 0 Å². The molecule has 1 aliphatic rings. The average molecular weight is 275 g/mol. The fourth-order valence-corrected chi connectivity index (χ4v) is 2.18. The second-order valence-electron chi connectivity index (χ2n) is 4.46. The van der Waals surface area contributed by atoms with Crippen LogP contribution in [0.25, 0.3) is 0 Å². The molecule has 8 heteroatoms. The first-order chi connectivity index (χ1) is 9.29. The number of nitrogens with one attached hydrogen (secondary N) is 3. The van der Waals surface area contributed by atoms with Gasteiger partial charge in [-0.1, -0.05) is 0 Å². The smallest absolute Gasteiger partial charge is 0.184 e. The number of rotatable bonds is 10. The molecule has 0 aliphatic carbocycles. The molecule has 1 saturated heterocycles. The topological polar surface area (TPSA) is 127 Å². The SMILES string of the molecule is NCCNC(NCCN)(NCCN)N1CCOCC1. The van der Waals surface area contributed by atoms with E-state index in [4.69, 9.17) is 21.9 Å². The second kappa shape index (κ2) is 9.56. The molecule has 0 bridgehead atoms. The first-order valence-electron chi connectivity index (χ1n) is 6.97. The van der Waals surface area contributed by atoms with Crippen LogP contribution in [0.15, 0.2) is 0 Å². The van der Waals surface area contributed by atoms with Gasteiger partial charge >= 0.3 is 0 Å². The molecule has 0 spiro atoms. The van der Waals surface area contributed by atoms with E-state index < -0.39 is 5.91 Å². The quantitative estimate of drug-likeness (QED) is 0.228. The summed E-state index contributed by atoms with van der Waals surface area (Å²) in [4.78, 5) is 2.28. The van der Waals surface area contributed by atoms with E-state index in [1.54, 1.807) is 0 Å². The van der Waals surface area contributed by atoms with E-state index in [0.717, 1.165) is 26.3 Å². The Hall–Kier alpha value is -0.320. The highest BCUT2D eigenvalue weighted by Gasteiger charge is 2.35. The monoisotopic (exact) mass is 275 g/mol. The number of morpholine rings is 1. The highest BCUT2D eigenvalue weighted by molar-refractivity contribution is 4.85. The van der Waals surface area contributed by atoms with Crippen LogP contribution in [0.2, 0.25) is 0 Å². The lowest BCUT2D eigenvalue weighted by Gasteiger charge is -2.47. The van der Waals surface area contributed by atoms with Crippen LogP contribution in [0.4, 0.5) is 0 Å². The number of hydrogen-bond donors (Lipinski definition) is 6. The summed E-state index contributed by atoms with van der Waals surface area (Å²) in [7, 11) is 0. The van der Waals surface area contributed by atoms with Crippen molar-refractivity contribution >= 4 is 0 Å². The van der Waals surface area contributed by atoms with Crippen LogP contribution in [0.3, 0.4) is 0 Å². The zero-order chi connectivity index (χ0) is 14.0. The summed E-state index contributed by atoms with van der Waals surface area (Å²) in [6, 6.07) is 0. The van der Waals surface area contributed by atoms with Crippen molar-refractivity contribution in [3.05, 3.63) is 0 Å². The molecule has 0 aromatic heterocycles. The summed E-state index contributed by atoms with van der Waals surface area (Å²) in [6.07, 6.45) is 0. The largest absolute Gasteiger partial charge is 0.379 e. The fourth-order valence-electron chi connectivity index (χ4n) is 2.18. The number of hydrogen-bond acceptors (Lipinski definition) is 8. The third kappa shape index (κ3) is 5.28. The Balaban J connectivity index is 2.73. The van der Waals surface area contributed by atoms with Crippen LogP contribution in [0.5, 0.6) is 0 Å². The molecule has 0 unspecified atom stereocenters. The minimum absolute atomic E-state index is 0.512. The lowest BCUT2D eigenvalue weighted by molar-refractivity contribution is -0.0694. The van der Waals surface area contributed by atoms with Crippen molar-refractivity contribution in [2.75, 3.05) is 65.6 Å². The predicted octanol–water partition coefficient (Wildman–Crippen LogP) is -3.43. The van der Waals surface area contributed by atoms with Crippen LogP contribution in [0.1, 0.15) is 0 Å². The molecule has 9 N–H and O–H groups in total. The Morgan fingerprint density at radius 3 is 1.63 bits per heavy atom. The number of nitrogens with two attached hydrogens (primary N) is 3. The van der Waals surface area contributed by atoms with Gasteiger partial charge in [0.05, 0.1) is 13.2 Å². The van der Waals surface area contributed by atoms with Crippen LogP contribution in [-0.2, 0) is 4.74 Å². The third-order valence-corrected chi connectivity index (χ3v) is 3.06. The van der Waals surface area contributed by atoms with Gasteiger partial charge in [-0.25, -0.2) is 0 Å². The normalized spacial score (nSPS) is 17.8. The molecule has 1 heterocycles. The van der Waals surface area contributed by atoms with Crippen molar-refractivity contribution in [1.29, 1.82) is 0 Å². The van der Waals surface area contributed by atoms with E-state index in [-0.39, 0.29) is 0 Å². The van der Waals surface area contributed by atoms with E-state index in [9.17, 15) is 0 Å². The summed E-state index contributed by atoms with van der Waals surface area (Å²) in [6.45, 7) is 6.94. The van der Waals surface area contributed by atoms with Crippen molar-refractivity contribution in [3.63, 3.8) is 0 Å². The van der Waals surface area contributed by atoms with Crippen LogP contribution < -0.4 is 33.2 Å².